The third-order valence-electron chi connectivity index (χ3n) is 2.53. The number of anilines is 1. The molecule has 0 spiro atoms. The van der Waals surface area contributed by atoms with Crippen molar-refractivity contribution in [3.8, 4) is 0 Å². The number of hydrogen-bond donors (Lipinski definition) is 2. The number of carbonyl (C=O) groups is 2. The lowest BCUT2D eigenvalue weighted by atomic mass is 10.1. The lowest BCUT2D eigenvalue weighted by Gasteiger charge is -2.16. The minimum absolute atomic E-state index is 0.0353. The van der Waals surface area contributed by atoms with Crippen LogP contribution in [-0.4, -0.2) is 30.2 Å². The summed E-state index contributed by atoms with van der Waals surface area (Å²) in [7, 11) is 1.33. The molecule has 0 fully saturated rings. The third kappa shape index (κ3) is 4.08. The minimum atomic E-state index is -0.829. The van der Waals surface area contributed by atoms with Gasteiger partial charge in [0.05, 0.1) is 12.7 Å². The van der Waals surface area contributed by atoms with Gasteiger partial charge in [0.1, 0.15) is 0 Å². The van der Waals surface area contributed by atoms with Crippen LogP contribution >= 0.6 is 0 Å². The summed E-state index contributed by atoms with van der Waals surface area (Å²) in [6.45, 7) is 1.87. The zero-order valence-electron chi connectivity index (χ0n) is 10.5. The molecule has 0 aliphatic carbocycles. The SMILES string of the molecule is COC(=O)c1ccccc1NC(C)CCC(=O)O. The molecule has 5 heteroatoms. The van der Waals surface area contributed by atoms with Crippen LogP contribution in [0.3, 0.4) is 0 Å². The van der Waals surface area contributed by atoms with Gasteiger partial charge >= 0.3 is 11.9 Å². The zero-order valence-corrected chi connectivity index (χ0v) is 10.5. The van der Waals surface area contributed by atoms with Gasteiger partial charge in [-0.2, -0.15) is 0 Å². The number of para-hydroxylation sites is 1. The fourth-order valence-electron chi connectivity index (χ4n) is 1.57. The lowest BCUT2D eigenvalue weighted by Crippen LogP contribution is -2.18. The van der Waals surface area contributed by atoms with Crippen LogP contribution in [0.5, 0.6) is 0 Å². The van der Waals surface area contributed by atoms with E-state index in [4.69, 9.17) is 5.11 Å². The van der Waals surface area contributed by atoms with Crippen LogP contribution in [0, 0.1) is 0 Å². The van der Waals surface area contributed by atoms with Crippen molar-refractivity contribution < 1.29 is 19.4 Å². The van der Waals surface area contributed by atoms with Gasteiger partial charge < -0.3 is 15.2 Å². The maximum absolute atomic E-state index is 11.5. The Kier molecular flexibility index (Phi) is 5.17. The van der Waals surface area contributed by atoms with Gasteiger partial charge in [-0.1, -0.05) is 12.1 Å². The van der Waals surface area contributed by atoms with Gasteiger partial charge in [0.15, 0.2) is 0 Å². The number of ether oxygens (including phenoxy) is 1. The number of benzene rings is 1. The first-order valence-corrected chi connectivity index (χ1v) is 5.70. The minimum Gasteiger partial charge on any atom is -0.481 e. The Morgan fingerprint density at radius 3 is 2.67 bits per heavy atom. The van der Waals surface area contributed by atoms with Crippen molar-refractivity contribution in [1.82, 2.24) is 0 Å². The Balaban J connectivity index is 2.71. The second-order valence-electron chi connectivity index (χ2n) is 4.01. The van der Waals surface area contributed by atoms with E-state index in [0.29, 0.717) is 17.7 Å². The van der Waals surface area contributed by atoms with Gasteiger partial charge in [-0.15, -0.1) is 0 Å². The van der Waals surface area contributed by atoms with Crippen molar-refractivity contribution in [3.63, 3.8) is 0 Å². The molecule has 18 heavy (non-hydrogen) atoms. The first kappa shape index (κ1) is 14.0. The van der Waals surface area contributed by atoms with Gasteiger partial charge in [0, 0.05) is 18.2 Å². The average molecular weight is 251 g/mol. The molecular formula is C13H17NO4. The number of nitrogens with one attached hydrogen (secondary N) is 1. The molecule has 98 valence electrons. The second kappa shape index (κ2) is 6.64. The summed E-state index contributed by atoms with van der Waals surface area (Å²) in [5, 5.41) is 11.7. The molecule has 0 saturated heterocycles. The van der Waals surface area contributed by atoms with E-state index >= 15 is 0 Å². The predicted octanol–water partition coefficient (Wildman–Crippen LogP) is 2.14. The quantitative estimate of drug-likeness (QED) is 0.757. The topological polar surface area (TPSA) is 75.6 Å². The molecule has 5 nitrogen and oxygen atoms in total. The Labute approximate surface area is 106 Å². The fraction of sp³-hybridized carbons (Fsp3) is 0.385. The molecule has 1 rings (SSSR count). The van der Waals surface area contributed by atoms with E-state index in [1.54, 1.807) is 24.3 Å². The van der Waals surface area contributed by atoms with Crippen molar-refractivity contribution in [3.05, 3.63) is 29.8 Å². The maximum Gasteiger partial charge on any atom is 0.339 e. The summed E-state index contributed by atoms with van der Waals surface area (Å²) >= 11 is 0. The highest BCUT2D eigenvalue weighted by Gasteiger charge is 2.13. The number of carbonyl (C=O) groups excluding carboxylic acids is 1. The van der Waals surface area contributed by atoms with Crippen LogP contribution in [0.4, 0.5) is 5.69 Å². The van der Waals surface area contributed by atoms with Crippen molar-refractivity contribution >= 4 is 17.6 Å². The zero-order chi connectivity index (χ0) is 13.5. The molecule has 0 amide bonds. The Morgan fingerprint density at radius 1 is 1.39 bits per heavy atom. The van der Waals surface area contributed by atoms with Crippen LogP contribution in [-0.2, 0) is 9.53 Å². The van der Waals surface area contributed by atoms with Crippen molar-refractivity contribution in [1.29, 1.82) is 0 Å². The molecule has 1 unspecified atom stereocenters. The third-order valence-corrected chi connectivity index (χ3v) is 2.53. The van der Waals surface area contributed by atoms with Gasteiger partial charge in [-0.05, 0) is 25.5 Å². The Morgan fingerprint density at radius 2 is 2.06 bits per heavy atom. The molecule has 1 aromatic carbocycles. The van der Waals surface area contributed by atoms with Crippen molar-refractivity contribution in [2.75, 3.05) is 12.4 Å². The smallest absolute Gasteiger partial charge is 0.339 e. The van der Waals surface area contributed by atoms with Crippen LogP contribution in [0.15, 0.2) is 24.3 Å². The predicted molar refractivity (Wildman–Crippen MR) is 67.7 cm³/mol. The summed E-state index contributed by atoms with van der Waals surface area (Å²) in [6, 6.07) is 6.95. The van der Waals surface area contributed by atoms with E-state index in [0.717, 1.165) is 0 Å². The average Bonchev–Trinajstić information content (AvgIpc) is 2.36. The molecule has 0 bridgehead atoms. The van der Waals surface area contributed by atoms with E-state index in [2.05, 4.69) is 10.1 Å². The molecule has 0 heterocycles. The van der Waals surface area contributed by atoms with Gasteiger partial charge in [-0.25, -0.2) is 4.79 Å². The van der Waals surface area contributed by atoms with Gasteiger partial charge in [-0.3, -0.25) is 4.79 Å². The summed E-state index contributed by atoms with van der Waals surface area (Å²) in [6.07, 6.45) is 0.583. The van der Waals surface area contributed by atoms with Crippen LogP contribution in [0.2, 0.25) is 0 Å². The number of esters is 1. The Bertz CT molecular complexity index is 431. The van der Waals surface area contributed by atoms with Crippen LogP contribution < -0.4 is 5.32 Å². The van der Waals surface area contributed by atoms with E-state index in [1.165, 1.54) is 7.11 Å². The molecule has 0 aliphatic heterocycles. The molecule has 0 radical (unpaired) electrons. The highest BCUT2D eigenvalue weighted by Crippen LogP contribution is 2.18. The van der Waals surface area contributed by atoms with E-state index < -0.39 is 11.9 Å². The lowest BCUT2D eigenvalue weighted by molar-refractivity contribution is -0.137. The summed E-state index contributed by atoms with van der Waals surface area (Å²) in [5.74, 6) is -1.24. The van der Waals surface area contributed by atoms with Gasteiger partial charge in [0.2, 0.25) is 0 Å². The van der Waals surface area contributed by atoms with Gasteiger partial charge in [0.25, 0.3) is 0 Å². The molecular weight excluding hydrogens is 234 g/mol. The van der Waals surface area contributed by atoms with Crippen LogP contribution in [0.25, 0.3) is 0 Å². The number of carboxylic acid groups (broad SMARTS) is 1. The maximum atomic E-state index is 11.5. The number of aliphatic carboxylic acids is 1. The monoisotopic (exact) mass is 251 g/mol. The highest BCUT2D eigenvalue weighted by molar-refractivity contribution is 5.95. The number of rotatable bonds is 6. The fourth-order valence-corrected chi connectivity index (χ4v) is 1.57. The van der Waals surface area contributed by atoms with E-state index in [-0.39, 0.29) is 12.5 Å². The summed E-state index contributed by atoms with van der Waals surface area (Å²) < 4.78 is 4.68. The standard InChI is InChI=1S/C13H17NO4/c1-9(7-8-12(15)16)14-11-6-4-3-5-10(11)13(17)18-2/h3-6,9,14H,7-8H2,1-2H3,(H,15,16). The first-order valence-electron chi connectivity index (χ1n) is 5.70. The van der Waals surface area contributed by atoms with E-state index in [9.17, 15) is 9.59 Å². The molecule has 0 aromatic heterocycles. The first-order chi connectivity index (χ1) is 8.54. The van der Waals surface area contributed by atoms with Crippen LogP contribution in [0.1, 0.15) is 30.1 Å². The summed E-state index contributed by atoms with van der Waals surface area (Å²) in [4.78, 5) is 22.0. The number of methoxy groups -OCH3 is 1. The van der Waals surface area contributed by atoms with Crippen molar-refractivity contribution in [2.45, 2.75) is 25.8 Å². The number of hydrogen-bond acceptors (Lipinski definition) is 4. The second-order valence-corrected chi connectivity index (χ2v) is 4.01. The number of carboxylic acids is 1. The molecule has 1 atom stereocenters. The highest BCUT2D eigenvalue weighted by atomic mass is 16.5. The molecule has 1 aromatic rings. The van der Waals surface area contributed by atoms with E-state index in [1.807, 2.05) is 6.92 Å². The largest absolute Gasteiger partial charge is 0.481 e. The molecule has 0 saturated carbocycles. The normalized spacial score (nSPS) is 11.7. The Hall–Kier alpha value is -2.04. The molecule has 0 aliphatic rings. The van der Waals surface area contributed by atoms with Crippen molar-refractivity contribution in [2.24, 2.45) is 0 Å². The summed E-state index contributed by atoms with van der Waals surface area (Å²) in [5.41, 5.74) is 1.10. The molecule has 2 N–H and O–H groups in total.